The summed E-state index contributed by atoms with van der Waals surface area (Å²) < 4.78 is 11.1. The molecule has 0 spiro atoms. The van der Waals surface area contributed by atoms with E-state index in [0.29, 0.717) is 37.7 Å². The number of hydrogen-bond acceptors (Lipinski definition) is 4. The molecule has 3 N–H and O–H groups in total. The first kappa shape index (κ1) is 16.3. The highest BCUT2D eigenvalue weighted by molar-refractivity contribution is 5.76. The fourth-order valence-corrected chi connectivity index (χ4v) is 1.71. The zero-order valence-electron chi connectivity index (χ0n) is 12.4. The second-order valence-electron chi connectivity index (χ2n) is 4.74. The Labute approximate surface area is 120 Å². The molecule has 0 unspecified atom stereocenters. The Balaban J connectivity index is 2.56. The highest BCUT2D eigenvalue weighted by Gasteiger charge is 2.08. The van der Waals surface area contributed by atoms with E-state index in [1.54, 1.807) is 0 Å². The van der Waals surface area contributed by atoms with Crippen LogP contribution in [-0.4, -0.2) is 25.2 Å². The van der Waals surface area contributed by atoms with Crippen LogP contribution in [0.5, 0.6) is 11.5 Å². The number of hydrogen-bond donors (Lipinski definition) is 2. The molecule has 0 fully saturated rings. The lowest BCUT2D eigenvalue weighted by atomic mass is 10.2. The Morgan fingerprint density at radius 3 is 2.65 bits per heavy atom. The molecule has 1 rings (SSSR count). The fourth-order valence-electron chi connectivity index (χ4n) is 1.71. The van der Waals surface area contributed by atoms with Gasteiger partial charge >= 0.3 is 0 Å². The lowest BCUT2D eigenvalue weighted by Crippen LogP contribution is -2.31. The summed E-state index contributed by atoms with van der Waals surface area (Å²) in [6.07, 6.45) is 0.322. The summed E-state index contributed by atoms with van der Waals surface area (Å²) >= 11 is 0. The molecule has 0 aliphatic rings. The standard InChI is InChI=1S/C15H24N2O3/c1-4-19-14-9-12(10-16)5-6-13(14)20-8-7-15(18)17-11(2)3/h5-6,9,11H,4,7-8,10,16H2,1-3H3,(H,17,18). The van der Waals surface area contributed by atoms with Crippen molar-refractivity contribution in [3.63, 3.8) is 0 Å². The van der Waals surface area contributed by atoms with Gasteiger partial charge in [0.1, 0.15) is 0 Å². The molecule has 0 aromatic heterocycles. The topological polar surface area (TPSA) is 73.6 Å². The zero-order chi connectivity index (χ0) is 15.0. The molecular formula is C15H24N2O3. The third-order valence-corrected chi connectivity index (χ3v) is 2.58. The monoisotopic (exact) mass is 280 g/mol. The summed E-state index contributed by atoms with van der Waals surface area (Å²) in [6.45, 7) is 7.10. The third-order valence-electron chi connectivity index (χ3n) is 2.58. The molecule has 0 saturated heterocycles. The lowest BCUT2D eigenvalue weighted by molar-refractivity contribution is -0.122. The minimum Gasteiger partial charge on any atom is -0.490 e. The van der Waals surface area contributed by atoms with Crippen LogP contribution in [0.2, 0.25) is 0 Å². The molecular weight excluding hydrogens is 256 g/mol. The number of nitrogens with one attached hydrogen (secondary N) is 1. The van der Waals surface area contributed by atoms with Crippen molar-refractivity contribution < 1.29 is 14.3 Å². The van der Waals surface area contributed by atoms with Gasteiger partial charge in [0.25, 0.3) is 0 Å². The van der Waals surface area contributed by atoms with E-state index in [1.807, 2.05) is 39.0 Å². The van der Waals surface area contributed by atoms with Crippen LogP contribution in [0.25, 0.3) is 0 Å². The normalized spacial score (nSPS) is 10.4. The predicted molar refractivity (Wildman–Crippen MR) is 78.9 cm³/mol. The first-order valence-electron chi connectivity index (χ1n) is 6.94. The van der Waals surface area contributed by atoms with Gasteiger partial charge in [0, 0.05) is 12.6 Å². The molecule has 0 saturated carbocycles. The van der Waals surface area contributed by atoms with Crippen LogP contribution in [-0.2, 0) is 11.3 Å². The molecule has 5 nitrogen and oxygen atoms in total. The molecule has 0 bridgehead atoms. The van der Waals surface area contributed by atoms with Crippen LogP contribution in [0.4, 0.5) is 0 Å². The molecule has 0 aliphatic carbocycles. The Morgan fingerprint density at radius 2 is 2.05 bits per heavy atom. The summed E-state index contributed by atoms with van der Waals surface area (Å²) in [7, 11) is 0. The number of nitrogens with two attached hydrogens (primary N) is 1. The Kier molecular flexibility index (Phi) is 6.87. The average Bonchev–Trinajstić information content (AvgIpc) is 2.39. The third kappa shape index (κ3) is 5.48. The number of amides is 1. The van der Waals surface area contributed by atoms with Crippen LogP contribution < -0.4 is 20.5 Å². The van der Waals surface area contributed by atoms with Crippen molar-refractivity contribution in [3.05, 3.63) is 23.8 Å². The Bertz CT molecular complexity index is 433. The number of benzene rings is 1. The zero-order valence-corrected chi connectivity index (χ0v) is 12.4. The van der Waals surface area contributed by atoms with Gasteiger partial charge in [-0.05, 0) is 38.5 Å². The van der Waals surface area contributed by atoms with Gasteiger partial charge in [-0.15, -0.1) is 0 Å². The number of carbonyl (C=O) groups is 1. The van der Waals surface area contributed by atoms with Crippen LogP contribution >= 0.6 is 0 Å². The molecule has 1 aromatic carbocycles. The first-order chi connectivity index (χ1) is 9.56. The van der Waals surface area contributed by atoms with Gasteiger partial charge in [0.05, 0.1) is 19.6 Å². The lowest BCUT2D eigenvalue weighted by Gasteiger charge is -2.13. The van der Waals surface area contributed by atoms with E-state index in [4.69, 9.17) is 15.2 Å². The average molecular weight is 280 g/mol. The second-order valence-corrected chi connectivity index (χ2v) is 4.74. The van der Waals surface area contributed by atoms with Gasteiger partial charge in [-0.1, -0.05) is 6.07 Å². The highest BCUT2D eigenvalue weighted by atomic mass is 16.5. The van der Waals surface area contributed by atoms with Crippen molar-refractivity contribution in [2.75, 3.05) is 13.2 Å². The van der Waals surface area contributed by atoms with Crippen molar-refractivity contribution in [1.29, 1.82) is 0 Å². The van der Waals surface area contributed by atoms with E-state index in [2.05, 4.69) is 5.32 Å². The maximum atomic E-state index is 11.5. The van der Waals surface area contributed by atoms with Crippen molar-refractivity contribution in [1.82, 2.24) is 5.32 Å². The molecule has 112 valence electrons. The molecule has 1 aromatic rings. The molecule has 20 heavy (non-hydrogen) atoms. The van der Waals surface area contributed by atoms with E-state index < -0.39 is 0 Å². The summed E-state index contributed by atoms with van der Waals surface area (Å²) in [5.41, 5.74) is 6.59. The smallest absolute Gasteiger partial charge is 0.223 e. The molecule has 0 radical (unpaired) electrons. The largest absolute Gasteiger partial charge is 0.490 e. The van der Waals surface area contributed by atoms with Gasteiger partial charge in [-0.25, -0.2) is 0 Å². The Hall–Kier alpha value is -1.75. The SMILES string of the molecule is CCOc1cc(CN)ccc1OCCC(=O)NC(C)C. The van der Waals surface area contributed by atoms with Gasteiger partial charge in [0.2, 0.25) is 5.91 Å². The van der Waals surface area contributed by atoms with Gasteiger partial charge in [0.15, 0.2) is 11.5 Å². The highest BCUT2D eigenvalue weighted by Crippen LogP contribution is 2.28. The summed E-state index contributed by atoms with van der Waals surface area (Å²) in [4.78, 5) is 11.5. The maximum Gasteiger partial charge on any atom is 0.223 e. The van der Waals surface area contributed by atoms with Crippen molar-refractivity contribution in [3.8, 4) is 11.5 Å². The molecule has 0 heterocycles. The molecule has 0 aliphatic heterocycles. The minimum atomic E-state index is -0.0171. The fraction of sp³-hybridized carbons (Fsp3) is 0.533. The first-order valence-corrected chi connectivity index (χ1v) is 6.94. The number of carbonyl (C=O) groups excluding carboxylic acids is 1. The quantitative estimate of drug-likeness (QED) is 0.762. The maximum absolute atomic E-state index is 11.5. The van der Waals surface area contributed by atoms with Gasteiger partial charge < -0.3 is 20.5 Å². The minimum absolute atomic E-state index is 0.0171. The molecule has 5 heteroatoms. The predicted octanol–water partition coefficient (Wildman–Crippen LogP) is 1.84. The van der Waals surface area contributed by atoms with Crippen LogP contribution in [0, 0.1) is 0 Å². The van der Waals surface area contributed by atoms with E-state index in [0.717, 1.165) is 5.56 Å². The van der Waals surface area contributed by atoms with Crippen LogP contribution in [0.1, 0.15) is 32.8 Å². The second kappa shape index (κ2) is 8.43. The Morgan fingerprint density at radius 1 is 1.30 bits per heavy atom. The van der Waals surface area contributed by atoms with Gasteiger partial charge in [-0.3, -0.25) is 4.79 Å². The van der Waals surface area contributed by atoms with E-state index in [-0.39, 0.29) is 11.9 Å². The van der Waals surface area contributed by atoms with E-state index >= 15 is 0 Å². The van der Waals surface area contributed by atoms with Crippen molar-refractivity contribution in [2.24, 2.45) is 5.73 Å². The van der Waals surface area contributed by atoms with Gasteiger partial charge in [-0.2, -0.15) is 0 Å². The summed E-state index contributed by atoms with van der Waals surface area (Å²) in [5, 5.41) is 2.82. The summed E-state index contributed by atoms with van der Waals surface area (Å²) in [6, 6.07) is 5.73. The van der Waals surface area contributed by atoms with E-state index in [9.17, 15) is 4.79 Å². The van der Waals surface area contributed by atoms with Crippen molar-refractivity contribution in [2.45, 2.75) is 39.8 Å². The molecule has 1 amide bonds. The van der Waals surface area contributed by atoms with Crippen LogP contribution in [0.15, 0.2) is 18.2 Å². The molecule has 0 atom stereocenters. The van der Waals surface area contributed by atoms with Crippen LogP contribution in [0.3, 0.4) is 0 Å². The number of rotatable bonds is 8. The number of ether oxygens (including phenoxy) is 2. The van der Waals surface area contributed by atoms with E-state index in [1.165, 1.54) is 0 Å². The summed E-state index contributed by atoms with van der Waals surface area (Å²) in [5.74, 6) is 1.29. The van der Waals surface area contributed by atoms with Crippen molar-refractivity contribution >= 4 is 5.91 Å².